The zero-order chi connectivity index (χ0) is 14.8. The maximum absolute atomic E-state index is 12.4. The molecular formula is C13H19N5OS. The Labute approximate surface area is 122 Å². The second-order valence-electron chi connectivity index (χ2n) is 5.70. The van der Waals surface area contributed by atoms with Crippen molar-refractivity contribution in [2.24, 2.45) is 0 Å². The van der Waals surface area contributed by atoms with Gasteiger partial charge in [-0.1, -0.05) is 32.2 Å². The van der Waals surface area contributed by atoms with Gasteiger partial charge in [-0.2, -0.15) is 5.10 Å². The Hall–Kier alpha value is -1.63. The number of rotatable bonds is 5. The molecule has 0 fully saturated rings. The van der Waals surface area contributed by atoms with Crippen molar-refractivity contribution < 1.29 is 4.79 Å². The Morgan fingerprint density at radius 3 is 2.80 bits per heavy atom. The summed E-state index contributed by atoms with van der Waals surface area (Å²) >= 11 is 1.16. The Morgan fingerprint density at radius 2 is 2.15 bits per heavy atom. The van der Waals surface area contributed by atoms with E-state index in [-0.39, 0.29) is 17.6 Å². The molecule has 0 aromatic carbocycles. The predicted octanol–water partition coefficient (Wildman–Crippen LogP) is 2.26. The van der Waals surface area contributed by atoms with E-state index in [1.54, 1.807) is 4.68 Å². The van der Waals surface area contributed by atoms with Crippen LogP contribution in [0.25, 0.3) is 0 Å². The van der Waals surface area contributed by atoms with E-state index >= 15 is 0 Å². The van der Waals surface area contributed by atoms with Crippen LogP contribution in [0.15, 0.2) is 6.33 Å². The molecule has 0 N–H and O–H groups in total. The maximum Gasteiger partial charge on any atom is 0.183 e. The highest BCUT2D eigenvalue weighted by Gasteiger charge is 2.26. The largest absolute Gasteiger partial charge is 0.293 e. The van der Waals surface area contributed by atoms with Crippen LogP contribution < -0.4 is 0 Å². The summed E-state index contributed by atoms with van der Waals surface area (Å²) in [4.78, 5) is 17.2. The lowest BCUT2D eigenvalue weighted by Crippen LogP contribution is -2.18. The molecule has 0 spiro atoms. The van der Waals surface area contributed by atoms with Gasteiger partial charge in [0.2, 0.25) is 0 Å². The van der Waals surface area contributed by atoms with E-state index in [9.17, 15) is 4.79 Å². The number of hydrogen-bond donors (Lipinski definition) is 0. The number of carbonyl (C=O) groups is 1. The van der Waals surface area contributed by atoms with Crippen molar-refractivity contribution in [3.05, 3.63) is 22.7 Å². The molecule has 2 aromatic rings. The molecule has 2 aromatic heterocycles. The molecule has 6 nitrogen and oxygen atoms in total. The molecule has 108 valence electrons. The summed E-state index contributed by atoms with van der Waals surface area (Å²) in [6, 6.07) is 0. The highest BCUT2D eigenvalue weighted by Crippen LogP contribution is 2.26. The van der Waals surface area contributed by atoms with Gasteiger partial charge in [0.15, 0.2) is 5.78 Å². The van der Waals surface area contributed by atoms with Crippen LogP contribution in [0.2, 0.25) is 0 Å². The zero-order valence-corrected chi connectivity index (χ0v) is 13.1. The van der Waals surface area contributed by atoms with Gasteiger partial charge in [0.25, 0.3) is 0 Å². The third kappa shape index (κ3) is 3.09. The monoisotopic (exact) mass is 293 g/mol. The van der Waals surface area contributed by atoms with Crippen molar-refractivity contribution >= 4 is 17.3 Å². The van der Waals surface area contributed by atoms with Crippen molar-refractivity contribution in [3.63, 3.8) is 0 Å². The number of ketones is 1. The van der Waals surface area contributed by atoms with Gasteiger partial charge in [-0.05, 0) is 18.0 Å². The second-order valence-corrected chi connectivity index (χ2v) is 6.45. The molecule has 0 aliphatic carbocycles. The fourth-order valence-corrected chi connectivity index (χ4v) is 2.72. The normalized spacial score (nSPS) is 11.8. The summed E-state index contributed by atoms with van der Waals surface area (Å²) in [5.74, 6) is 0.709. The first-order valence-corrected chi connectivity index (χ1v) is 7.43. The molecule has 2 heterocycles. The highest BCUT2D eigenvalue weighted by molar-refractivity contribution is 7.08. The summed E-state index contributed by atoms with van der Waals surface area (Å²) < 4.78 is 5.71. The second kappa shape index (κ2) is 5.78. The molecule has 0 radical (unpaired) electrons. The molecule has 0 saturated heterocycles. The van der Waals surface area contributed by atoms with Crippen LogP contribution in [0.1, 0.15) is 55.3 Å². The van der Waals surface area contributed by atoms with Crippen LogP contribution in [-0.2, 0) is 18.4 Å². The standard InChI is InChI=1S/C13H19N5OS/c1-5-6-18-10(14-8-15-18)7-9(19)11-12(13(2,3)4)16-17-20-11/h8H,5-7H2,1-4H3. The topological polar surface area (TPSA) is 73.6 Å². The lowest BCUT2D eigenvalue weighted by atomic mass is 9.90. The van der Waals surface area contributed by atoms with Crippen molar-refractivity contribution in [2.75, 3.05) is 0 Å². The summed E-state index contributed by atoms with van der Waals surface area (Å²) in [7, 11) is 0. The van der Waals surface area contributed by atoms with Crippen molar-refractivity contribution in [2.45, 2.75) is 52.5 Å². The lowest BCUT2D eigenvalue weighted by Gasteiger charge is -2.15. The van der Waals surface area contributed by atoms with Gasteiger partial charge in [-0.25, -0.2) is 9.67 Å². The maximum atomic E-state index is 12.4. The first-order valence-electron chi connectivity index (χ1n) is 6.66. The summed E-state index contributed by atoms with van der Waals surface area (Å²) in [5, 5.41) is 8.24. The molecule has 0 unspecified atom stereocenters. The van der Waals surface area contributed by atoms with Gasteiger partial charge >= 0.3 is 0 Å². The summed E-state index contributed by atoms with van der Waals surface area (Å²) in [6.07, 6.45) is 2.70. The third-order valence-corrected chi connectivity index (χ3v) is 3.67. The Balaban J connectivity index is 2.21. The Bertz CT molecular complexity index is 596. The minimum Gasteiger partial charge on any atom is -0.293 e. The minimum absolute atomic E-state index is 0.00952. The first-order chi connectivity index (χ1) is 9.43. The first kappa shape index (κ1) is 14.8. The zero-order valence-electron chi connectivity index (χ0n) is 12.3. The van der Waals surface area contributed by atoms with Gasteiger partial charge in [0, 0.05) is 12.0 Å². The Morgan fingerprint density at radius 1 is 1.40 bits per heavy atom. The van der Waals surface area contributed by atoms with Crippen LogP contribution in [0.5, 0.6) is 0 Å². The molecule has 0 aliphatic rings. The van der Waals surface area contributed by atoms with Crippen molar-refractivity contribution in [3.8, 4) is 0 Å². The number of carbonyl (C=O) groups excluding carboxylic acids is 1. The number of nitrogens with zero attached hydrogens (tertiary/aromatic N) is 5. The van der Waals surface area contributed by atoms with E-state index in [4.69, 9.17) is 0 Å². The van der Waals surface area contributed by atoms with Gasteiger partial charge in [-0.3, -0.25) is 4.79 Å². The van der Waals surface area contributed by atoms with Crippen LogP contribution >= 0.6 is 11.5 Å². The highest BCUT2D eigenvalue weighted by atomic mass is 32.1. The van der Waals surface area contributed by atoms with Gasteiger partial charge < -0.3 is 0 Å². The number of hydrogen-bond acceptors (Lipinski definition) is 6. The van der Waals surface area contributed by atoms with Crippen LogP contribution in [-0.4, -0.2) is 30.1 Å². The molecule has 0 saturated carbocycles. The van der Waals surface area contributed by atoms with Crippen molar-refractivity contribution in [1.82, 2.24) is 24.4 Å². The van der Waals surface area contributed by atoms with Crippen LogP contribution in [0.4, 0.5) is 0 Å². The van der Waals surface area contributed by atoms with Crippen LogP contribution in [0, 0.1) is 0 Å². The third-order valence-electron chi connectivity index (χ3n) is 2.90. The van der Waals surface area contributed by atoms with E-state index in [2.05, 4.69) is 26.6 Å². The van der Waals surface area contributed by atoms with Crippen molar-refractivity contribution in [1.29, 1.82) is 0 Å². The fourth-order valence-electron chi connectivity index (χ4n) is 1.91. The number of Topliss-reactive ketones (excluding diaryl/α,β-unsaturated/α-hetero) is 1. The molecule has 0 amide bonds. The average molecular weight is 293 g/mol. The average Bonchev–Trinajstić information content (AvgIpc) is 2.98. The van der Waals surface area contributed by atoms with E-state index in [0.717, 1.165) is 30.2 Å². The van der Waals surface area contributed by atoms with E-state index < -0.39 is 0 Å². The van der Waals surface area contributed by atoms with Gasteiger partial charge in [0.05, 0.1) is 12.1 Å². The van der Waals surface area contributed by atoms with E-state index in [0.29, 0.717) is 10.7 Å². The summed E-state index contributed by atoms with van der Waals surface area (Å²) in [5.41, 5.74) is 0.573. The SMILES string of the molecule is CCCn1ncnc1CC(=O)c1snnc1C(C)(C)C. The molecule has 7 heteroatoms. The molecule has 2 rings (SSSR count). The fraction of sp³-hybridized carbons (Fsp3) is 0.615. The quantitative estimate of drug-likeness (QED) is 0.791. The Kier molecular flexibility index (Phi) is 4.27. The lowest BCUT2D eigenvalue weighted by molar-refractivity contribution is 0.0991. The molecule has 20 heavy (non-hydrogen) atoms. The molecular weight excluding hydrogens is 274 g/mol. The molecule has 0 bridgehead atoms. The smallest absolute Gasteiger partial charge is 0.183 e. The summed E-state index contributed by atoms with van der Waals surface area (Å²) in [6.45, 7) is 8.92. The predicted molar refractivity (Wildman–Crippen MR) is 77.0 cm³/mol. The molecule has 0 atom stereocenters. The van der Waals surface area contributed by atoms with Crippen LogP contribution in [0.3, 0.4) is 0 Å². The number of aromatic nitrogens is 5. The van der Waals surface area contributed by atoms with E-state index in [1.165, 1.54) is 6.33 Å². The minimum atomic E-state index is -0.185. The van der Waals surface area contributed by atoms with Gasteiger partial charge in [0.1, 0.15) is 17.0 Å². The van der Waals surface area contributed by atoms with E-state index in [1.807, 2.05) is 20.8 Å². The van der Waals surface area contributed by atoms with Gasteiger partial charge in [-0.15, -0.1) is 5.10 Å². The molecule has 0 aliphatic heterocycles. The number of aryl methyl sites for hydroxylation is 1.